The van der Waals surface area contributed by atoms with Gasteiger partial charge in [0.25, 0.3) is 0 Å². The molecule has 0 bridgehead atoms. The molecule has 2 N–H and O–H groups in total. The summed E-state index contributed by atoms with van der Waals surface area (Å²) in [6.07, 6.45) is 0.220. The van der Waals surface area contributed by atoms with Crippen LogP contribution in [0.2, 0.25) is 0 Å². The van der Waals surface area contributed by atoms with Crippen molar-refractivity contribution in [3.63, 3.8) is 0 Å². The van der Waals surface area contributed by atoms with Gasteiger partial charge in [-0.05, 0) is 35.2 Å². The molecule has 24 heavy (non-hydrogen) atoms. The van der Waals surface area contributed by atoms with Gasteiger partial charge in [0.05, 0.1) is 0 Å². The van der Waals surface area contributed by atoms with Crippen molar-refractivity contribution in [2.45, 2.75) is 32.6 Å². The molecule has 0 aliphatic rings. The van der Waals surface area contributed by atoms with E-state index in [-0.39, 0.29) is 17.7 Å². The van der Waals surface area contributed by atoms with Crippen LogP contribution in [0.3, 0.4) is 0 Å². The highest BCUT2D eigenvalue weighted by molar-refractivity contribution is 5.92. The summed E-state index contributed by atoms with van der Waals surface area (Å²) in [4.78, 5) is 12.1. The van der Waals surface area contributed by atoms with Gasteiger partial charge in [-0.25, -0.2) is 8.78 Å². The van der Waals surface area contributed by atoms with E-state index in [1.54, 1.807) is 0 Å². The average molecular weight is 332 g/mol. The Morgan fingerprint density at radius 3 is 2.42 bits per heavy atom. The van der Waals surface area contributed by atoms with Gasteiger partial charge in [0.1, 0.15) is 0 Å². The number of benzene rings is 2. The molecule has 0 saturated heterocycles. The quantitative estimate of drug-likeness (QED) is 0.833. The summed E-state index contributed by atoms with van der Waals surface area (Å²) < 4.78 is 26.0. The van der Waals surface area contributed by atoms with Crippen LogP contribution in [-0.2, 0) is 10.2 Å². The van der Waals surface area contributed by atoms with Crippen molar-refractivity contribution in [1.82, 2.24) is 0 Å². The van der Waals surface area contributed by atoms with Gasteiger partial charge in [0.2, 0.25) is 5.91 Å². The minimum absolute atomic E-state index is 0.0756. The van der Waals surface area contributed by atoms with E-state index in [2.05, 4.69) is 31.4 Å². The smallest absolute Gasteiger partial charge is 0.226 e. The molecule has 0 aromatic heterocycles. The normalized spacial score (nSPS) is 11.2. The van der Waals surface area contributed by atoms with Gasteiger partial charge >= 0.3 is 0 Å². The molecular weight excluding hydrogens is 310 g/mol. The van der Waals surface area contributed by atoms with Crippen LogP contribution in [0.15, 0.2) is 42.5 Å². The molecule has 2 rings (SSSR count). The fourth-order valence-electron chi connectivity index (χ4n) is 2.39. The number of amides is 1. The minimum atomic E-state index is -0.913. The number of para-hydroxylation sites is 1. The lowest BCUT2D eigenvalue weighted by molar-refractivity contribution is -0.115. The summed E-state index contributed by atoms with van der Waals surface area (Å²) in [7, 11) is 0. The topological polar surface area (TPSA) is 41.1 Å². The van der Waals surface area contributed by atoms with Gasteiger partial charge in [-0.1, -0.05) is 39.0 Å². The third-order valence-electron chi connectivity index (χ3n) is 3.61. The lowest BCUT2D eigenvalue weighted by atomic mass is 9.86. The van der Waals surface area contributed by atoms with E-state index >= 15 is 0 Å². The predicted molar refractivity (Wildman–Crippen MR) is 93.2 cm³/mol. The average Bonchev–Trinajstić information content (AvgIpc) is 2.50. The maximum atomic E-state index is 13.1. The van der Waals surface area contributed by atoms with E-state index in [0.717, 1.165) is 23.4 Å². The zero-order valence-electron chi connectivity index (χ0n) is 14.1. The molecule has 5 heteroatoms. The Morgan fingerprint density at radius 1 is 1.04 bits per heavy atom. The zero-order chi connectivity index (χ0) is 17.7. The van der Waals surface area contributed by atoms with E-state index in [4.69, 9.17) is 0 Å². The van der Waals surface area contributed by atoms with E-state index < -0.39 is 11.6 Å². The number of carbonyl (C=O) groups is 1. The highest BCUT2D eigenvalue weighted by Gasteiger charge is 2.18. The predicted octanol–water partition coefficient (Wildman–Crippen LogP) is 4.70. The van der Waals surface area contributed by atoms with Gasteiger partial charge in [0.15, 0.2) is 11.6 Å². The van der Waals surface area contributed by atoms with Crippen molar-refractivity contribution in [2.24, 2.45) is 0 Å². The first-order valence-corrected chi connectivity index (χ1v) is 7.85. The number of hydrogen-bond donors (Lipinski definition) is 2. The SMILES string of the molecule is CC(C)(C)c1ccccc1NC(=O)CCNc1ccc(F)c(F)c1. The molecule has 2 aromatic carbocycles. The van der Waals surface area contributed by atoms with Gasteiger partial charge in [-0.15, -0.1) is 0 Å². The van der Waals surface area contributed by atoms with Crippen LogP contribution in [0.1, 0.15) is 32.8 Å². The first-order valence-electron chi connectivity index (χ1n) is 7.85. The largest absolute Gasteiger partial charge is 0.384 e. The maximum Gasteiger partial charge on any atom is 0.226 e. The fraction of sp³-hybridized carbons (Fsp3) is 0.316. The van der Waals surface area contributed by atoms with Crippen molar-refractivity contribution in [2.75, 3.05) is 17.2 Å². The van der Waals surface area contributed by atoms with Crippen LogP contribution in [0, 0.1) is 11.6 Å². The standard InChI is InChI=1S/C19H22F2N2O/c1-19(2,3)14-6-4-5-7-17(14)23-18(24)10-11-22-13-8-9-15(20)16(21)12-13/h4-9,12,22H,10-11H2,1-3H3,(H,23,24). The second-order valence-electron chi connectivity index (χ2n) is 6.65. The number of halogens is 2. The zero-order valence-corrected chi connectivity index (χ0v) is 14.1. The number of rotatable bonds is 5. The maximum absolute atomic E-state index is 13.1. The molecular formula is C19H22F2N2O. The summed E-state index contributed by atoms with van der Waals surface area (Å²) in [5, 5.41) is 5.82. The molecule has 0 fully saturated rings. The minimum Gasteiger partial charge on any atom is -0.384 e. The Labute approximate surface area is 141 Å². The molecule has 3 nitrogen and oxygen atoms in total. The number of anilines is 2. The third kappa shape index (κ3) is 4.78. The van der Waals surface area contributed by atoms with E-state index in [1.165, 1.54) is 6.07 Å². The van der Waals surface area contributed by atoms with Crippen LogP contribution in [0.4, 0.5) is 20.2 Å². The van der Waals surface area contributed by atoms with E-state index in [0.29, 0.717) is 12.2 Å². The van der Waals surface area contributed by atoms with Gasteiger partial charge in [-0.2, -0.15) is 0 Å². The molecule has 0 aliphatic carbocycles. The Bertz CT molecular complexity index is 724. The molecule has 0 heterocycles. The first-order chi connectivity index (χ1) is 11.3. The summed E-state index contributed by atoms with van der Waals surface area (Å²) in [6, 6.07) is 11.3. The Kier molecular flexibility index (Phi) is 5.54. The van der Waals surface area contributed by atoms with Crippen LogP contribution in [-0.4, -0.2) is 12.5 Å². The molecule has 128 valence electrons. The monoisotopic (exact) mass is 332 g/mol. The van der Waals surface area contributed by atoms with Crippen LogP contribution >= 0.6 is 0 Å². The lowest BCUT2D eigenvalue weighted by Gasteiger charge is -2.23. The summed E-state index contributed by atoms with van der Waals surface area (Å²) in [5.74, 6) is -1.94. The molecule has 0 spiro atoms. The van der Waals surface area contributed by atoms with Gasteiger partial charge in [-0.3, -0.25) is 4.79 Å². The second kappa shape index (κ2) is 7.43. The second-order valence-corrected chi connectivity index (χ2v) is 6.65. The molecule has 0 aliphatic heterocycles. The van der Waals surface area contributed by atoms with Gasteiger partial charge < -0.3 is 10.6 Å². The summed E-state index contributed by atoms with van der Waals surface area (Å²) in [5.41, 5.74) is 2.22. The van der Waals surface area contributed by atoms with Crippen LogP contribution < -0.4 is 10.6 Å². The Balaban J connectivity index is 1.91. The Morgan fingerprint density at radius 2 is 1.75 bits per heavy atom. The number of hydrogen-bond acceptors (Lipinski definition) is 2. The van der Waals surface area contributed by atoms with Crippen LogP contribution in [0.25, 0.3) is 0 Å². The summed E-state index contributed by atoms with van der Waals surface area (Å²) in [6.45, 7) is 6.59. The van der Waals surface area contributed by atoms with Crippen molar-refractivity contribution in [1.29, 1.82) is 0 Å². The summed E-state index contributed by atoms with van der Waals surface area (Å²) >= 11 is 0. The van der Waals surface area contributed by atoms with E-state index in [9.17, 15) is 13.6 Å². The highest BCUT2D eigenvalue weighted by Crippen LogP contribution is 2.29. The van der Waals surface area contributed by atoms with Crippen molar-refractivity contribution >= 4 is 17.3 Å². The molecule has 0 saturated carbocycles. The van der Waals surface area contributed by atoms with Crippen LogP contribution in [0.5, 0.6) is 0 Å². The highest BCUT2D eigenvalue weighted by atomic mass is 19.2. The fourth-order valence-corrected chi connectivity index (χ4v) is 2.39. The van der Waals surface area contributed by atoms with Gasteiger partial charge in [0, 0.05) is 24.3 Å². The first kappa shape index (κ1) is 17.9. The molecule has 0 atom stereocenters. The molecule has 0 unspecified atom stereocenters. The third-order valence-corrected chi connectivity index (χ3v) is 3.61. The van der Waals surface area contributed by atoms with Crippen molar-refractivity contribution < 1.29 is 13.6 Å². The number of nitrogens with one attached hydrogen (secondary N) is 2. The molecule has 1 amide bonds. The van der Waals surface area contributed by atoms with E-state index in [1.807, 2.05) is 24.3 Å². The molecule has 0 radical (unpaired) electrons. The molecule has 2 aromatic rings. The Hall–Kier alpha value is -2.43. The number of carbonyl (C=O) groups excluding carboxylic acids is 1. The van der Waals surface area contributed by atoms with Crippen molar-refractivity contribution in [3.8, 4) is 0 Å². The van der Waals surface area contributed by atoms with Crippen molar-refractivity contribution in [3.05, 3.63) is 59.7 Å². The lowest BCUT2D eigenvalue weighted by Crippen LogP contribution is -2.20.